The van der Waals surface area contributed by atoms with Gasteiger partial charge < -0.3 is 20.1 Å². The minimum absolute atomic E-state index is 0.0436. The highest BCUT2D eigenvalue weighted by Gasteiger charge is 2.28. The van der Waals surface area contributed by atoms with Gasteiger partial charge in [0.2, 0.25) is 0 Å². The van der Waals surface area contributed by atoms with Gasteiger partial charge in [0, 0.05) is 18.1 Å². The number of ether oxygens (including phenoxy) is 2. The van der Waals surface area contributed by atoms with E-state index in [0.29, 0.717) is 18.9 Å². The zero-order valence-corrected chi connectivity index (χ0v) is 15.0. The van der Waals surface area contributed by atoms with Crippen LogP contribution in [0.5, 0.6) is 5.75 Å². The van der Waals surface area contributed by atoms with Gasteiger partial charge in [-0.1, -0.05) is 0 Å². The molecule has 1 aromatic heterocycles. The molecule has 6 heteroatoms. The quantitative estimate of drug-likeness (QED) is 0.901. The van der Waals surface area contributed by atoms with Gasteiger partial charge >= 0.3 is 6.09 Å². The Labute approximate surface area is 147 Å². The van der Waals surface area contributed by atoms with E-state index >= 15 is 0 Å². The van der Waals surface area contributed by atoms with Gasteiger partial charge in [-0.2, -0.15) is 0 Å². The zero-order chi connectivity index (χ0) is 18.0. The summed E-state index contributed by atoms with van der Waals surface area (Å²) >= 11 is 0. The summed E-state index contributed by atoms with van der Waals surface area (Å²) in [7, 11) is 0. The van der Waals surface area contributed by atoms with Crippen LogP contribution in [0.1, 0.15) is 33.6 Å². The summed E-state index contributed by atoms with van der Waals surface area (Å²) in [4.78, 5) is 18.1. The lowest BCUT2D eigenvalue weighted by molar-refractivity contribution is 0.00777. The molecule has 0 saturated carbocycles. The van der Waals surface area contributed by atoms with Gasteiger partial charge in [0.05, 0.1) is 6.54 Å². The number of likely N-dealkylation sites (tertiary alicyclic amines) is 1. The molecule has 1 fully saturated rings. The van der Waals surface area contributed by atoms with Crippen LogP contribution in [0.3, 0.4) is 0 Å². The first-order valence-corrected chi connectivity index (χ1v) is 8.61. The second-order valence-electron chi connectivity index (χ2n) is 7.39. The second kappa shape index (κ2) is 6.78. The Hall–Kier alpha value is -2.50. The van der Waals surface area contributed by atoms with Gasteiger partial charge in [-0.15, -0.1) is 0 Å². The third kappa shape index (κ3) is 4.32. The summed E-state index contributed by atoms with van der Waals surface area (Å²) in [5, 5.41) is 1.90. The Balaban J connectivity index is 1.67. The van der Waals surface area contributed by atoms with E-state index < -0.39 is 5.60 Å². The maximum absolute atomic E-state index is 12.3. The van der Waals surface area contributed by atoms with Crippen LogP contribution in [-0.2, 0) is 4.74 Å². The molecule has 1 aromatic carbocycles. The largest absolute Gasteiger partial charge is 0.489 e. The van der Waals surface area contributed by atoms with Crippen molar-refractivity contribution < 1.29 is 14.3 Å². The van der Waals surface area contributed by atoms with E-state index in [9.17, 15) is 4.79 Å². The van der Waals surface area contributed by atoms with Crippen molar-refractivity contribution in [2.24, 2.45) is 0 Å². The van der Waals surface area contributed by atoms with Crippen LogP contribution in [0.2, 0.25) is 0 Å². The number of benzene rings is 1. The van der Waals surface area contributed by atoms with Crippen LogP contribution in [-0.4, -0.2) is 40.8 Å². The van der Waals surface area contributed by atoms with Crippen LogP contribution >= 0.6 is 0 Å². The van der Waals surface area contributed by atoms with E-state index in [2.05, 4.69) is 4.98 Å². The van der Waals surface area contributed by atoms with E-state index in [1.807, 2.05) is 45.0 Å². The van der Waals surface area contributed by atoms with E-state index in [1.54, 1.807) is 11.1 Å². The van der Waals surface area contributed by atoms with E-state index in [1.165, 1.54) is 0 Å². The van der Waals surface area contributed by atoms with Gasteiger partial charge in [-0.25, -0.2) is 9.78 Å². The molecule has 1 aliphatic rings. The molecule has 2 aromatic rings. The number of carbonyl (C=O) groups excluding carboxylic acids is 1. The molecule has 0 spiro atoms. The number of piperidine rings is 1. The number of hydrogen-bond donors (Lipinski definition) is 1. The van der Waals surface area contributed by atoms with Crippen LogP contribution in [0, 0.1) is 0 Å². The molecule has 0 radical (unpaired) electrons. The van der Waals surface area contributed by atoms with E-state index in [0.717, 1.165) is 29.4 Å². The second-order valence-corrected chi connectivity index (χ2v) is 7.39. The first kappa shape index (κ1) is 17.3. The molecule has 1 atom stereocenters. The molecule has 6 nitrogen and oxygen atoms in total. The molecule has 3 rings (SSSR count). The number of anilines is 1. The highest BCUT2D eigenvalue weighted by atomic mass is 16.6. The minimum Gasteiger partial charge on any atom is -0.489 e. The van der Waals surface area contributed by atoms with E-state index in [-0.39, 0.29) is 12.2 Å². The summed E-state index contributed by atoms with van der Waals surface area (Å²) < 4.78 is 11.6. The molecule has 25 heavy (non-hydrogen) atoms. The third-order valence-electron chi connectivity index (χ3n) is 4.10. The van der Waals surface area contributed by atoms with Gasteiger partial charge in [0.1, 0.15) is 23.3 Å². The zero-order valence-electron chi connectivity index (χ0n) is 15.0. The number of carbonyl (C=O) groups is 1. The van der Waals surface area contributed by atoms with Crippen molar-refractivity contribution in [1.29, 1.82) is 0 Å². The smallest absolute Gasteiger partial charge is 0.410 e. The maximum Gasteiger partial charge on any atom is 0.410 e. The van der Waals surface area contributed by atoms with Crippen LogP contribution in [0.4, 0.5) is 10.6 Å². The summed E-state index contributed by atoms with van der Waals surface area (Å²) in [6.07, 6.45) is 3.17. The number of hydrogen-bond acceptors (Lipinski definition) is 5. The van der Waals surface area contributed by atoms with Crippen molar-refractivity contribution >= 4 is 22.7 Å². The minimum atomic E-state index is -0.489. The van der Waals surface area contributed by atoms with Crippen molar-refractivity contribution in [1.82, 2.24) is 9.88 Å². The van der Waals surface area contributed by atoms with Crippen molar-refractivity contribution in [3.05, 3.63) is 30.5 Å². The summed E-state index contributed by atoms with van der Waals surface area (Å²) in [6.45, 7) is 6.86. The summed E-state index contributed by atoms with van der Waals surface area (Å²) in [6, 6.07) is 7.68. The SMILES string of the molecule is CC(C)(C)OC(=O)N1CCC[C@H](Oc2ccc3c(N)nccc3c2)C1. The fourth-order valence-corrected chi connectivity index (χ4v) is 2.97. The van der Waals surface area contributed by atoms with E-state index in [4.69, 9.17) is 15.2 Å². The van der Waals surface area contributed by atoms with Crippen molar-refractivity contribution in [2.45, 2.75) is 45.3 Å². The van der Waals surface area contributed by atoms with Crippen LogP contribution < -0.4 is 10.5 Å². The molecular formula is C19H25N3O3. The van der Waals surface area contributed by atoms with Gasteiger partial charge in [-0.05, 0) is 63.3 Å². The molecule has 2 N–H and O–H groups in total. The number of nitrogen functional groups attached to an aromatic ring is 1. The van der Waals surface area contributed by atoms with Crippen LogP contribution in [0.15, 0.2) is 30.5 Å². The predicted octanol–water partition coefficient (Wildman–Crippen LogP) is 3.60. The molecule has 1 amide bonds. The monoisotopic (exact) mass is 343 g/mol. The molecule has 0 aliphatic carbocycles. The Morgan fingerprint density at radius 3 is 2.88 bits per heavy atom. The van der Waals surface area contributed by atoms with Gasteiger partial charge in [0.25, 0.3) is 0 Å². The first-order chi connectivity index (χ1) is 11.8. The average molecular weight is 343 g/mol. The first-order valence-electron chi connectivity index (χ1n) is 8.61. The number of rotatable bonds is 2. The Bertz CT molecular complexity index is 770. The normalized spacial score (nSPS) is 18.2. The average Bonchev–Trinajstić information content (AvgIpc) is 2.54. The number of aromatic nitrogens is 1. The topological polar surface area (TPSA) is 77.7 Å². The molecule has 2 heterocycles. The Morgan fingerprint density at radius 2 is 2.12 bits per heavy atom. The van der Waals surface area contributed by atoms with Crippen molar-refractivity contribution in [2.75, 3.05) is 18.8 Å². The molecule has 134 valence electrons. The van der Waals surface area contributed by atoms with Gasteiger partial charge in [0.15, 0.2) is 0 Å². The molecule has 1 saturated heterocycles. The number of pyridine rings is 1. The molecular weight excluding hydrogens is 318 g/mol. The summed E-state index contributed by atoms with van der Waals surface area (Å²) in [5.41, 5.74) is 5.39. The van der Waals surface area contributed by atoms with Crippen molar-refractivity contribution in [3.63, 3.8) is 0 Å². The third-order valence-corrected chi connectivity index (χ3v) is 4.10. The molecule has 0 bridgehead atoms. The number of nitrogens with zero attached hydrogens (tertiary/aromatic N) is 2. The maximum atomic E-state index is 12.3. The highest BCUT2D eigenvalue weighted by molar-refractivity contribution is 5.91. The van der Waals surface area contributed by atoms with Crippen molar-refractivity contribution in [3.8, 4) is 5.75 Å². The standard InChI is InChI=1S/C19H25N3O3/c1-19(2,3)25-18(23)22-10-4-5-15(12-22)24-14-6-7-16-13(11-14)8-9-21-17(16)20/h6-9,11,15H,4-5,10,12H2,1-3H3,(H2,20,21)/t15-/m0/s1. The number of fused-ring (bicyclic) bond motifs is 1. The lowest BCUT2D eigenvalue weighted by Gasteiger charge is -2.34. The lowest BCUT2D eigenvalue weighted by Crippen LogP contribution is -2.46. The Kier molecular flexibility index (Phi) is 4.70. The van der Waals surface area contributed by atoms with Crippen LogP contribution in [0.25, 0.3) is 10.8 Å². The predicted molar refractivity (Wildman–Crippen MR) is 97.6 cm³/mol. The fraction of sp³-hybridized carbons (Fsp3) is 0.474. The lowest BCUT2D eigenvalue weighted by atomic mass is 10.1. The molecule has 1 aliphatic heterocycles. The Morgan fingerprint density at radius 1 is 1.32 bits per heavy atom. The summed E-state index contributed by atoms with van der Waals surface area (Å²) in [5.74, 6) is 1.28. The highest BCUT2D eigenvalue weighted by Crippen LogP contribution is 2.26. The number of nitrogens with two attached hydrogens (primary N) is 1. The van der Waals surface area contributed by atoms with Gasteiger partial charge in [-0.3, -0.25) is 0 Å². The molecule has 0 unspecified atom stereocenters. The number of amides is 1. The fourth-order valence-electron chi connectivity index (χ4n) is 2.97.